The van der Waals surface area contributed by atoms with Crippen LogP contribution in [0.1, 0.15) is 28.5 Å². The molecule has 2 aromatic rings. The highest BCUT2D eigenvalue weighted by Gasteiger charge is 2.22. The molecule has 0 aliphatic carbocycles. The molecule has 0 saturated heterocycles. The van der Waals surface area contributed by atoms with Gasteiger partial charge in [0.05, 0.1) is 18.0 Å². The van der Waals surface area contributed by atoms with E-state index in [9.17, 15) is 9.18 Å². The number of hydrogen-bond acceptors (Lipinski definition) is 4. The van der Waals surface area contributed by atoms with E-state index in [-0.39, 0.29) is 23.8 Å². The van der Waals surface area contributed by atoms with Gasteiger partial charge in [0, 0.05) is 0 Å². The summed E-state index contributed by atoms with van der Waals surface area (Å²) in [5.74, 6) is -0.650. The normalized spacial score (nSPS) is 10.6. The number of nitrogens with zero attached hydrogens (tertiary/aromatic N) is 2. The second-order valence-corrected chi connectivity index (χ2v) is 4.41. The maximum absolute atomic E-state index is 13.1. The molecule has 106 valence electrons. The summed E-state index contributed by atoms with van der Waals surface area (Å²) in [7, 11) is 0. The van der Waals surface area contributed by atoms with Crippen LogP contribution in [0.4, 0.5) is 10.2 Å². The maximum Gasteiger partial charge on any atom is 0.343 e. The van der Waals surface area contributed by atoms with Gasteiger partial charge in [0.25, 0.3) is 0 Å². The van der Waals surface area contributed by atoms with E-state index < -0.39 is 5.97 Å². The molecule has 0 aliphatic rings. The van der Waals surface area contributed by atoms with Crippen molar-refractivity contribution in [1.29, 1.82) is 0 Å². The third-order valence-corrected chi connectivity index (χ3v) is 2.96. The number of aryl methyl sites for hydroxylation is 2. The molecule has 0 spiro atoms. The number of halogens is 1. The average molecular weight is 277 g/mol. The second-order valence-electron chi connectivity index (χ2n) is 4.41. The van der Waals surface area contributed by atoms with Crippen molar-refractivity contribution in [1.82, 2.24) is 9.78 Å². The Balaban J connectivity index is 2.54. The highest BCUT2D eigenvalue weighted by molar-refractivity contribution is 5.95. The Hall–Kier alpha value is -2.37. The zero-order chi connectivity index (χ0) is 14.9. The smallest absolute Gasteiger partial charge is 0.343 e. The van der Waals surface area contributed by atoms with E-state index in [1.165, 1.54) is 16.8 Å². The molecule has 0 saturated carbocycles. The molecule has 0 unspecified atom stereocenters. The van der Waals surface area contributed by atoms with Gasteiger partial charge >= 0.3 is 5.97 Å². The first-order valence-electron chi connectivity index (χ1n) is 6.24. The molecule has 5 nitrogen and oxygen atoms in total. The number of benzene rings is 1. The van der Waals surface area contributed by atoms with Crippen LogP contribution in [0.2, 0.25) is 0 Å². The molecular weight excluding hydrogens is 261 g/mol. The van der Waals surface area contributed by atoms with Crippen molar-refractivity contribution in [3.05, 3.63) is 40.8 Å². The summed E-state index contributed by atoms with van der Waals surface area (Å²) >= 11 is 0. The minimum atomic E-state index is -0.506. The molecule has 0 radical (unpaired) electrons. The summed E-state index contributed by atoms with van der Waals surface area (Å²) < 4.78 is 19.5. The van der Waals surface area contributed by atoms with E-state index >= 15 is 0 Å². The molecule has 0 amide bonds. The molecule has 1 aromatic heterocycles. The Morgan fingerprint density at radius 2 is 2.15 bits per heavy atom. The number of carbonyl (C=O) groups excluding carboxylic acids is 1. The van der Waals surface area contributed by atoms with Gasteiger partial charge in [0.1, 0.15) is 17.2 Å². The van der Waals surface area contributed by atoms with E-state index in [1.54, 1.807) is 26.8 Å². The number of anilines is 1. The first-order chi connectivity index (χ1) is 9.45. The van der Waals surface area contributed by atoms with Crippen molar-refractivity contribution in [2.24, 2.45) is 0 Å². The maximum atomic E-state index is 13.1. The fraction of sp³-hybridized carbons (Fsp3) is 0.286. The van der Waals surface area contributed by atoms with Crippen LogP contribution in [0, 0.1) is 19.7 Å². The fourth-order valence-electron chi connectivity index (χ4n) is 2.04. The molecule has 6 heteroatoms. The van der Waals surface area contributed by atoms with Crippen molar-refractivity contribution < 1.29 is 13.9 Å². The number of ether oxygens (including phenoxy) is 1. The summed E-state index contributed by atoms with van der Waals surface area (Å²) in [4.78, 5) is 11.9. The van der Waals surface area contributed by atoms with E-state index in [4.69, 9.17) is 10.5 Å². The SMILES string of the molecule is CCOC(=O)c1c(C)nn(-c2ccc(F)cc2C)c1N. The molecule has 1 heterocycles. The van der Waals surface area contributed by atoms with E-state index in [1.807, 2.05) is 0 Å². The van der Waals surface area contributed by atoms with Gasteiger partial charge in [-0.15, -0.1) is 0 Å². The van der Waals surface area contributed by atoms with Crippen molar-refractivity contribution in [2.45, 2.75) is 20.8 Å². The zero-order valence-corrected chi connectivity index (χ0v) is 11.6. The molecule has 20 heavy (non-hydrogen) atoms. The topological polar surface area (TPSA) is 70.1 Å². The predicted octanol–water partition coefficient (Wildman–Crippen LogP) is 2.39. The van der Waals surface area contributed by atoms with Gasteiger partial charge in [-0.25, -0.2) is 13.9 Å². The van der Waals surface area contributed by atoms with Gasteiger partial charge in [-0.05, 0) is 44.5 Å². The van der Waals surface area contributed by atoms with E-state index in [2.05, 4.69) is 5.10 Å². The van der Waals surface area contributed by atoms with Crippen LogP contribution < -0.4 is 5.73 Å². The van der Waals surface area contributed by atoms with Gasteiger partial charge in [0.15, 0.2) is 0 Å². The molecule has 0 bridgehead atoms. The summed E-state index contributed by atoms with van der Waals surface area (Å²) in [5, 5.41) is 4.24. The largest absolute Gasteiger partial charge is 0.462 e. The lowest BCUT2D eigenvalue weighted by Gasteiger charge is -2.08. The lowest BCUT2D eigenvalue weighted by molar-refractivity contribution is 0.0527. The molecule has 2 N–H and O–H groups in total. The lowest BCUT2D eigenvalue weighted by Crippen LogP contribution is -2.10. The monoisotopic (exact) mass is 277 g/mol. The molecule has 1 aromatic carbocycles. The highest BCUT2D eigenvalue weighted by Crippen LogP contribution is 2.24. The molecule has 0 aliphatic heterocycles. The Labute approximate surface area is 116 Å². The minimum Gasteiger partial charge on any atom is -0.462 e. The average Bonchev–Trinajstić information content (AvgIpc) is 2.65. The van der Waals surface area contributed by atoms with Crippen LogP contribution in [0.15, 0.2) is 18.2 Å². The first-order valence-corrected chi connectivity index (χ1v) is 6.24. The molecule has 0 fully saturated rings. The fourth-order valence-corrected chi connectivity index (χ4v) is 2.04. The number of aromatic nitrogens is 2. The van der Waals surface area contributed by atoms with Crippen molar-refractivity contribution in [3.63, 3.8) is 0 Å². The Morgan fingerprint density at radius 1 is 1.45 bits per heavy atom. The Kier molecular flexibility index (Phi) is 3.74. The van der Waals surface area contributed by atoms with Crippen LogP contribution in [0.3, 0.4) is 0 Å². The predicted molar refractivity (Wildman–Crippen MR) is 73.4 cm³/mol. The Morgan fingerprint density at radius 3 is 2.75 bits per heavy atom. The van der Waals surface area contributed by atoms with Gasteiger partial charge in [-0.1, -0.05) is 0 Å². The van der Waals surface area contributed by atoms with Crippen molar-refractivity contribution in [2.75, 3.05) is 12.3 Å². The molecule has 0 atom stereocenters. The summed E-state index contributed by atoms with van der Waals surface area (Å²) in [5.41, 5.74) is 8.01. The third-order valence-electron chi connectivity index (χ3n) is 2.96. The third kappa shape index (κ3) is 2.36. The van der Waals surface area contributed by atoms with Crippen molar-refractivity contribution in [3.8, 4) is 5.69 Å². The van der Waals surface area contributed by atoms with Crippen LogP contribution in [-0.2, 0) is 4.74 Å². The quantitative estimate of drug-likeness (QED) is 0.874. The highest BCUT2D eigenvalue weighted by atomic mass is 19.1. The van der Waals surface area contributed by atoms with Gasteiger partial charge in [-0.2, -0.15) is 5.10 Å². The van der Waals surface area contributed by atoms with Crippen LogP contribution in [0.25, 0.3) is 5.69 Å². The minimum absolute atomic E-state index is 0.190. The summed E-state index contributed by atoms with van der Waals surface area (Å²) in [6.07, 6.45) is 0. The zero-order valence-electron chi connectivity index (χ0n) is 11.6. The summed E-state index contributed by atoms with van der Waals surface area (Å²) in [6.45, 7) is 5.41. The van der Waals surface area contributed by atoms with Crippen LogP contribution >= 0.6 is 0 Å². The molecule has 2 rings (SSSR count). The van der Waals surface area contributed by atoms with Crippen LogP contribution in [0.5, 0.6) is 0 Å². The number of esters is 1. The van der Waals surface area contributed by atoms with Gasteiger partial charge in [-0.3, -0.25) is 0 Å². The number of carbonyl (C=O) groups is 1. The van der Waals surface area contributed by atoms with Gasteiger partial charge in [0.2, 0.25) is 0 Å². The summed E-state index contributed by atoms with van der Waals surface area (Å²) in [6, 6.07) is 4.28. The number of nitrogen functional groups attached to an aromatic ring is 1. The van der Waals surface area contributed by atoms with Gasteiger partial charge < -0.3 is 10.5 Å². The van der Waals surface area contributed by atoms with E-state index in [0.29, 0.717) is 16.9 Å². The first kappa shape index (κ1) is 14.0. The number of nitrogens with two attached hydrogens (primary N) is 1. The number of rotatable bonds is 3. The van der Waals surface area contributed by atoms with Crippen LogP contribution in [-0.4, -0.2) is 22.4 Å². The Bertz CT molecular complexity index is 665. The lowest BCUT2D eigenvalue weighted by atomic mass is 10.2. The molecular formula is C14H16FN3O2. The standard InChI is InChI=1S/C14H16FN3O2/c1-4-20-14(19)12-9(3)17-18(13(12)16)11-6-5-10(15)7-8(11)2/h5-7H,4,16H2,1-3H3. The van der Waals surface area contributed by atoms with Crippen molar-refractivity contribution >= 4 is 11.8 Å². The van der Waals surface area contributed by atoms with E-state index in [0.717, 1.165) is 0 Å². The number of hydrogen-bond donors (Lipinski definition) is 1. The second kappa shape index (κ2) is 5.32.